The van der Waals surface area contributed by atoms with E-state index in [1.165, 1.54) is 0 Å². The van der Waals surface area contributed by atoms with Gasteiger partial charge in [0.2, 0.25) is 0 Å². The summed E-state index contributed by atoms with van der Waals surface area (Å²) in [6.07, 6.45) is 0. The summed E-state index contributed by atoms with van der Waals surface area (Å²) < 4.78 is 0. The summed E-state index contributed by atoms with van der Waals surface area (Å²) in [6.45, 7) is 0. The third-order valence-electron chi connectivity index (χ3n) is 1.65. The van der Waals surface area contributed by atoms with Gasteiger partial charge in [0.25, 0.3) is 0 Å². The molecular formula is C9H7NOS2. The highest BCUT2D eigenvalue weighted by atomic mass is 32.1. The second kappa shape index (κ2) is 3.72. The van der Waals surface area contributed by atoms with Crippen LogP contribution in [0.2, 0.25) is 0 Å². The van der Waals surface area contributed by atoms with Gasteiger partial charge in [-0.15, -0.1) is 11.3 Å². The summed E-state index contributed by atoms with van der Waals surface area (Å²) in [7, 11) is 0. The van der Waals surface area contributed by atoms with Crippen LogP contribution in [0.15, 0.2) is 39.5 Å². The lowest BCUT2D eigenvalue weighted by Gasteiger charge is -1.96. The summed E-state index contributed by atoms with van der Waals surface area (Å²) in [4.78, 5) is 0.987. The summed E-state index contributed by atoms with van der Waals surface area (Å²) >= 11 is 3.16. The molecule has 0 spiro atoms. The smallest absolute Gasteiger partial charge is 0.127 e. The van der Waals surface area contributed by atoms with Crippen molar-refractivity contribution in [1.82, 2.24) is 0 Å². The van der Waals surface area contributed by atoms with E-state index in [4.69, 9.17) is 5.21 Å². The van der Waals surface area contributed by atoms with Crippen molar-refractivity contribution in [3.05, 3.63) is 44.8 Å². The molecule has 0 aliphatic rings. The number of thiophene rings is 2. The molecule has 66 valence electrons. The van der Waals surface area contributed by atoms with Crippen LogP contribution in [0.1, 0.15) is 10.4 Å². The van der Waals surface area contributed by atoms with E-state index < -0.39 is 0 Å². The molecule has 0 aromatic carbocycles. The highest BCUT2D eigenvalue weighted by Crippen LogP contribution is 2.17. The van der Waals surface area contributed by atoms with Crippen molar-refractivity contribution in [3.8, 4) is 0 Å². The Kier molecular flexibility index (Phi) is 2.42. The summed E-state index contributed by atoms with van der Waals surface area (Å²) in [5.41, 5.74) is 1.62. The average Bonchev–Trinajstić information content (AvgIpc) is 2.76. The second-order valence-corrected chi connectivity index (χ2v) is 4.17. The molecule has 2 rings (SSSR count). The van der Waals surface area contributed by atoms with Crippen molar-refractivity contribution in [2.45, 2.75) is 0 Å². The first kappa shape index (κ1) is 8.47. The molecule has 0 aliphatic heterocycles. The lowest BCUT2D eigenvalue weighted by molar-refractivity contribution is 0.320. The Balaban J connectivity index is 2.42. The van der Waals surface area contributed by atoms with Gasteiger partial charge in [0, 0.05) is 10.9 Å². The van der Waals surface area contributed by atoms with E-state index in [-0.39, 0.29) is 0 Å². The first-order valence-corrected chi connectivity index (χ1v) is 5.52. The SMILES string of the molecule is O/N=C(\c1ccsc1)c1cccs1. The summed E-state index contributed by atoms with van der Waals surface area (Å²) in [5, 5.41) is 18.1. The maximum Gasteiger partial charge on any atom is 0.127 e. The molecule has 0 atom stereocenters. The second-order valence-electron chi connectivity index (χ2n) is 2.44. The van der Waals surface area contributed by atoms with Gasteiger partial charge in [0.15, 0.2) is 0 Å². The molecule has 0 radical (unpaired) electrons. The molecule has 13 heavy (non-hydrogen) atoms. The number of hydrogen-bond acceptors (Lipinski definition) is 4. The highest BCUT2D eigenvalue weighted by molar-refractivity contribution is 7.12. The van der Waals surface area contributed by atoms with E-state index >= 15 is 0 Å². The number of nitrogens with zero attached hydrogens (tertiary/aromatic N) is 1. The fourth-order valence-corrected chi connectivity index (χ4v) is 2.43. The molecule has 0 saturated heterocycles. The number of rotatable bonds is 2. The molecule has 2 aromatic heterocycles. The van der Waals surface area contributed by atoms with Crippen LogP contribution in [0, 0.1) is 0 Å². The van der Waals surface area contributed by atoms with Crippen molar-refractivity contribution in [2.75, 3.05) is 0 Å². The van der Waals surface area contributed by atoms with Crippen molar-refractivity contribution < 1.29 is 5.21 Å². The zero-order valence-electron chi connectivity index (χ0n) is 6.68. The number of oxime groups is 1. The van der Waals surface area contributed by atoms with Gasteiger partial charge in [-0.1, -0.05) is 11.2 Å². The quantitative estimate of drug-likeness (QED) is 0.460. The van der Waals surface area contributed by atoms with Crippen molar-refractivity contribution in [2.24, 2.45) is 5.16 Å². The fraction of sp³-hybridized carbons (Fsp3) is 0. The van der Waals surface area contributed by atoms with Crippen LogP contribution >= 0.6 is 22.7 Å². The van der Waals surface area contributed by atoms with Gasteiger partial charge in [-0.25, -0.2) is 0 Å². The van der Waals surface area contributed by atoms with Gasteiger partial charge in [0.05, 0.1) is 4.88 Å². The van der Waals surface area contributed by atoms with Crippen LogP contribution in [-0.2, 0) is 0 Å². The molecule has 4 heteroatoms. The molecule has 0 saturated carbocycles. The van der Waals surface area contributed by atoms with Crippen LogP contribution < -0.4 is 0 Å². The van der Waals surface area contributed by atoms with Crippen LogP contribution in [0.25, 0.3) is 0 Å². The average molecular weight is 209 g/mol. The van der Waals surface area contributed by atoms with Crippen molar-refractivity contribution >= 4 is 28.4 Å². The van der Waals surface area contributed by atoms with Crippen LogP contribution in [0.5, 0.6) is 0 Å². The molecule has 0 fully saturated rings. The molecule has 0 amide bonds. The standard InChI is InChI=1S/C9H7NOS2/c11-10-9(7-3-5-12-6-7)8-2-1-4-13-8/h1-6,11H/b10-9+. The van der Waals surface area contributed by atoms with E-state index in [0.29, 0.717) is 5.71 Å². The van der Waals surface area contributed by atoms with Gasteiger partial charge >= 0.3 is 0 Å². The Morgan fingerprint density at radius 3 is 2.77 bits per heavy atom. The van der Waals surface area contributed by atoms with Gasteiger partial charge in [-0.05, 0) is 22.9 Å². The lowest BCUT2D eigenvalue weighted by Crippen LogP contribution is -1.98. The third kappa shape index (κ3) is 1.64. The summed E-state index contributed by atoms with van der Waals surface area (Å²) in [6, 6.07) is 5.83. The van der Waals surface area contributed by atoms with E-state index in [0.717, 1.165) is 10.4 Å². The summed E-state index contributed by atoms with van der Waals surface area (Å²) in [5.74, 6) is 0. The normalized spacial score (nSPS) is 11.8. The molecule has 0 aliphatic carbocycles. The Morgan fingerprint density at radius 1 is 1.31 bits per heavy atom. The molecule has 2 heterocycles. The molecule has 0 unspecified atom stereocenters. The van der Waals surface area contributed by atoms with E-state index in [1.54, 1.807) is 22.7 Å². The predicted molar refractivity (Wildman–Crippen MR) is 56.1 cm³/mol. The van der Waals surface area contributed by atoms with Gasteiger partial charge in [-0.2, -0.15) is 11.3 Å². The highest BCUT2D eigenvalue weighted by Gasteiger charge is 2.08. The monoisotopic (exact) mass is 209 g/mol. The zero-order valence-corrected chi connectivity index (χ0v) is 8.31. The lowest BCUT2D eigenvalue weighted by atomic mass is 10.2. The molecule has 2 nitrogen and oxygen atoms in total. The van der Waals surface area contributed by atoms with Crippen molar-refractivity contribution in [1.29, 1.82) is 0 Å². The van der Waals surface area contributed by atoms with Gasteiger partial charge in [-0.3, -0.25) is 0 Å². The Bertz CT molecular complexity index is 353. The maximum absolute atomic E-state index is 8.87. The fourth-order valence-electron chi connectivity index (χ4n) is 1.06. The topological polar surface area (TPSA) is 32.6 Å². The van der Waals surface area contributed by atoms with Crippen LogP contribution in [0.4, 0.5) is 0 Å². The van der Waals surface area contributed by atoms with E-state index in [2.05, 4.69) is 5.16 Å². The van der Waals surface area contributed by atoms with Crippen molar-refractivity contribution in [3.63, 3.8) is 0 Å². The van der Waals surface area contributed by atoms with Crippen LogP contribution in [0.3, 0.4) is 0 Å². The predicted octanol–water partition coefficient (Wildman–Crippen LogP) is 3.04. The van der Waals surface area contributed by atoms with E-state index in [9.17, 15) is 0 Å². The number of hydrogen-bond donors (Lipinski definition) is 1. The molecule has 0 bridgehead atoms. The minimum atomic E-state index is 0.649. The third-order valence-corrected chi connectivity index (χ3v) is 3.21. The first-order chi connectivity index (χ1) is 6.42. The van der Waals surface area contributed by atoms with Crippen LogP contribution in [-0.4, -0.2) is 10.9 Å². The Labute approximate surface area is 83.8 Å². The molecule has 1 N–H and O–H groups in total. The Hall–Kier alpha value is -1.13. The maximum atomic E-state index is 8.87. The molecule has 2 aromatic rings. The Morgan fingerprint density at radius 2 is 2.23 bits per heavy atom. The van der Waals surface area contributed by atoms with Gasteiger partial charge < -0.3 is 5.21 Å². The minimum Gasteiger partial charge on any atom is -0.410 e. The largest absolute Gasteiger partial charge is 0.410 e. The minimum absolute atomic E-state index is 0.649. The first-order valence-electron chi connectivity index (χ1n) is 3.70. The molecular weight excluding hydrogens is 202 g/mol. The van der Waals surface area contributed by atoms with Gasteiger partial charge in [0.1, 0.15) is 5.71 Å². The van der Waals surface area contributed by atoms with E-state index in [1.807, 2.05) is 34.3 Å². The zero-order chi connectivity index (χ0) is 9.10.